The van der Waals surface area contributed by atoms with Crippen LogP contribution in [0, 0.1) is 0 Å². The summed E-state index contributed by atoms with van der Waals surface area (Å²) in [5, 5.41) is 11.5. The Bertz CT molecular complexity index is 874. The number of hydrogen-bond donors (Lipinski definition) is 2. The van der Waals surface area contributed by atoms with Crippen LogP contribution in [0.5, 0.6) is 0 Å². The molecule has 2 heterocycles. The maximum Gasteiger partial charge on any atom is 0.271 e. The predicted octanol–water partition coefficient (Wildman–Crippen LogP) is 1.67. The molecule has 8 nitrogen and oxygen atoms in total. The van der Waals surface area contributed by atoms with Crippen LogP contribution < -0.4 is 10.6 Å². The molecule has 1 aromatic carbocycles. The van der Waals surface area contributed by atoms with Crippen LogP contribution in [0.3, 0.4) is 0 Å². The molecule has 25 heavy (non-hydrogen) atoms. The number of hydrogen-bond acceptors (Lipinski definition) is 6. The Morgan fingerprint density at radius 1 is 1.24 bits per heavy atom. The summed E-state index contributed by atoms with van der Waals surface area (Å²) in [5.74, 6) is -0.508. The second-order valence-corrected chi connectivity index (χ2v) is 6.12. The Hall–Kier alpha value is -3.07. The minimum Gasteiger partial charge on any atom is -0.347 e. The maximum atomic E-state index is 12.2. The molecular formula is C16H16N6O2S. The molecule has 0 saturated carbocycles. The van der Waals surface area contributed by atoms with Gasteiger partial charge in [0.05, 0.1) is 6.54 Å². The third kappa shape index (κ3) is 4.48. The van der Waals surface area contributed by atoms with Gasteiger partial charge in [0, 0.05) is 18.8 Å². The third-order valence-corrected chi connectivity index (χ3v) is 4.13. The summed E-state index contributed by atoms with van der Waals surface area (Å²) >= 11 is 1.21. The van der Waals surface area contributed by atoms with Crippen molar-refractivity contribution in [3.05, 3.63) is 59.1 Å². The standard InChI is InChI=1S/C16H16N6O2S/c1-11(23)20-16-21-14(8-25-16)15(24)18-6-12-4-2-3-5-13(12)7-22-10-17-9-19-22/h2-5,8-10H,6-7H2,1H3,(H,18,24)(H,20,21,23). The highest BCUT2D eigenvalue weighted by atomic mass is 32.1. The second-order valence-electron chi connectivity index (χ2n) is 5.26. The van der Waals surface area contributed by atoms with Gasteiger partial charge in [-0.3, -0.25) is 9.59 Å². The Morgan fingerprint density at radius 3 is 2.76 bits per heavy atom. The van der Waals surface area contributed by atoms with Gasteiger partial charge in [0.1, 0.15) is 18.3 Å². The van der Waals surface area contributed by atoms with E-state index in [4.69, 9.17) is 0 Å². The molecule has 0 aliphatic heterocycles. The topological polar surface area (TPSA) is 102 Å². The molecule has 0 spiro atoms. The quantitative estimate of drug-likeness (QED) is 0.699. The third-order valence-electron chi connectivity index (χ3n) is 3.38. The number of benzene rings is 1. The number of aromatic nitrogens is 4. The predicted molar refractivity (Wildman–Crippen MR) is 93.2 cm³/mol. The first-order valence-corrected chi connectivity index (χ1v) is 8.40. The van der Waals surface area contributed by atoms with E-state index in [0.29, 0.717) is 18.2 Å². The molecule has 2 N–H and O–H groups in total. The molecule has 0 unspecified atom stereocenters. The van der Waals surface area contributed by atoms with Crippen LogP contribution >= 0.6 is 11.3 Å². The molecule has 9 heteroatoms. The van der Waals surface area contributed by atoms with E-state index in [9.17, 15) is 9.59 Å². The van der Waals surface area contributed by atoms with Crippen LogP contribution in [0.1, 0.15) is 28.5 Å². The van der Waals surface area contributed by atoms with Gasteiger partial charge in [0.2, 0.25) is 5.91 Å². The van der Waals surface area contributed by atoms with Crippen molar-refractivity contribution in [3.8, 4) is 0 Å². The number of anilines is 1. The Kier molecular flexibility index (Phi) is 5.14. The summed E-state index contributed by atoms with van der Waals surface area (Å²) < 4.78 is 1.72. The lowest BCUT2D eigenvalue weighted by Crippen LogP contribution is -2.24. The summed E-state index contributed by atoms with van der Waals surface area (Å²) in [6, 6.07) is 7.80. The molecule has 2 amide bonds. The smallest absolute Gasteiger partial charge is 0.271 e. The number of carbonyl (C=O) groups is 2. The normalized spacial score (nSPS) is 10.4. The Morgan fingerprint density at radius 2 is 2.04 bits per heavy atom. The van der Waals surface area contributed by atoms with Crippen molar-refractivity contribution < 1.29 is 9.59 Å². The lowest BCUT2D eigenvalue weighted by Gasteiger charge is -2.10. The van der Waals surface area contributed by atoms with E-state index in [1.54, 1.807) is 16.4 Å². The highest BCUT2D eigenvalue weighted by Gasteiger charge is 2.12. The average molecular weight is 356 g/mol. The monoisotopic (exact) mass is 356 g/mol. The van der Waals surface area contributed by atoms with Crippen molar-refractivity contribution >= 4 is 28.3 Å². The lowest BCUT2D eigenvalue weighted by molar-refractivity contribution is -0.114. The number of nitrogens with one attached hydrogen (secondary N) is 2. The molecule has 3 rings (SSSR count). The summed E-state index contributed by atoms with van der Waals surface area (Å²) in [6.07, 6.45) is 3.13. The van der Waals surface area contributed by atoms with Crippen LogP contribution in [0.15, 0.2) is 42.3 Å². The van der Waals surface area contributed by atoms with E-state index in [1.165, 1.54) is 24.6 Å². The van der Waals surface area contributed by atoms with Crippen LogP contribution in [0.2, 0.25) is 0 Å². The van der Waals surface area contributed by atoms with Crippen molar-refractivity contribution in [2.75, 3.05) is 5.32 Å². The molecule has 0 saturated heterocycles. The number of thiazole rings is 1. The van der Waals surface area contributed by atoms with Gasteiger partial charge in [0.25, 0.3) is 5.91 Å². The van der Waals surface area contributed by atoms with Crippen molar-refractivity contribution in [1.82, 2.24) is 25.1 Å². The highest BCUT2D eigenvalue weighted by molar-refractivity contribution is 7.14. The molecule has 3 aromatic rings. The molecule has 2 aromatic heterocycles. The highest BCUT2D eigenvalue weighted by Crippen LogP contribution is 2.15. The van der Waals surface area contributed by atoms with Gasteiger partial charge in [-0.1, -0.05) is 24.3 Å². The number of amides is 2. The minimum absolute atomic E-state index is 0.219. The fraction of sp³-hybridized carbons (Fsp3) is 0.188. The van der Waals surface area contributed by atoms with Crippen molar-refractivity contribution in [1.29, 1.82) is 0 Å². The first-order valence-electron chi connectivity index (χ1n) is 7.52. The van der Waals surface area contributed by atoms with Gasteiger partial charge in [-0.15, -0.1) is 11.3 Å². The van der Waals surface area contributed by atoms with Gasteiger partial charge >= 0.3 is 0 Å². The van der Waals surface area contributed by atoms with Crippen molar-refractivity contribution in [2.24, 2.45) is 0 Å². The molecule has 0 aliphatic rings. The summed E-state index contributed by atoms with van der Waals surface area (Å²) in [7, 11) is 0. The fourth-order valence-electron chi connectivity index (χ4n) is 2.23. The van der Waals surface area contributed by atoms with E-state index in [-0.39, 0.29) is 17.5 Å². The SMILES string of the molecule is CC(=O)Nc1nc(C(=O)NCc2ccccc2Cn2cncn2)cs1. The lowest BCUT2D eigenvalue weighted by atomic mass is 10.1. The number of carbonyl (C=O) groups excluding carboxylic acids is 2. The molecule has 0 radical (unpaired) electrons. The van der Waals surface area contributed by atoms with Crippen LogP contribution in [-0.4, -0.2) is 31.6 Å². The van der Waals surface area contributed by atoms with Gasteiger partial charge in [-0.25, -0.2) is 14.6 Å². The van der Waals surface area contributed by atoms with Gasteiger partial charge < -0.3 is 10.6 Å². The van der Waals surface area contributed by atoms with E-state index in [2.05, 4.69) is 25.7 Å². The zero-order valence-electron chi connectivity index (χ0n) is 13.5. The minimum atomic E-state index is -0.289. The zero-order valence-corrected chi connectivity index (χ0v) is 14.3. The zero-order chi connectivity index (χ0) is 17.6. The van der Waals surface area contributed by atoms with Crippen molar-refractivity contribution in [2.45, 2.75) is 20.0 Å². The van der Waals surface area contributed by atoms with Crippen LogP contribution in [0.4, 0.5) is 5.13 Å². The van der Waals surface area contributed by atoms with Gasteiger partial charge in [0.15, 0.2) is 5.13 Å². The molecule has 0 atom stereocenters. The second kappa shape index (κ2) is 7.67. The Balaban J connectivity index is 1.64. The van der Waals surface area contributed by atoms with Crippen LogP contribution in [0.25, 0.3) is 0 Å². The Labute approximate surface area is 147 Å². The first-order chi connectivity index (χ1) is 12.1. The largest absolute Gasteiger partial charge is 0.347 e. The molecule has 0 fully saturated rings. The van der Waals surface area contributed by atoms with E-state index in [1.807, 2.05) is 24.3 Å². The molecule has 0 aliphatic carbocycles. The number of rotatable bonds is 6. The number of nitrogens with zero attached hydrogens (tertiary/aromatic N) is 4. The molecular weight excluding hydrogens is 340 g/mol. The van der Waals surface area contributed by atoms with E-state index in [0.717, 1.165) is 11.1 Å². The van der Waals surface area contributed by atoms with Crippen LogP contribution in [-0.2, 0) is 17.9 Å². The molecule has 0 bridgehead atoms. The van der Waals surface area contributed by atoms with E-state index >= 15 is 0 Å². The van der Waals surface area contributed by atoms with Gasteiger partial charge in [-0.2, -0.15) is 5.10 Å². The summed E-state index contributed by atoms with van der Waals surface area (Å²) in [5.41, 5.74) is 2.32. The van der Waals surface area contributed by atoms with Crippen molar-refractivity contribution in [3.63, 3.8) is 0 Å². The summed E-state index contributed by atoms with van der Waals surface area (Å²) in [6.45, 7) is 2.35. The summed E-state index contributed by atoms with van der Waals surface area (Å²) in [4.78, 5) is 31.3. The first kappa shape index (κ1) is 16.8. The molecule has 128 valence electrons. The van der Waals surface area contributed by atoms with Gasteiger partial charge in [-0.05, 0) is 11.1 Å². The van der Waals surface area contributed by atoms with E-state index < -0.39 is 0 Å². The maximum absolute atomic E-state index is 12.2. The fourth-order valence-corrected chi connectivity index (χ4v) is 2.96. The average Bonchev–Trinajstić information content (AvgIpc) is 3.25.